The fraction of sp³-hybridized carbons (Fsp3) is 0.194. The van der Waals surface area contributed by atoms with Gasteiger partial charge in [-0.15, -0.1) is 0 Å². The van der Waals surface area contributed by atoms with E-state index in [-0.39, 0.29) is 16.7 Å². The quantitative estimate of drug-likeness (QED) is 0.239. The Labute approximate surface area is 229 Å². The molecule has 39 heavy (non-hydrogen) atoms. The van der Waals surface area contributed by atoms with Crippen LogP contribution in [0.3, 0.4) is 0 Å². The molecule has 1 aliphatic rings. The number of aliphatic hydroxyl groups excluding tert-OH is 1. The van der Waals surface area contributed by atoms with Gasteiger partial charge in [0.1, 0.15) is 0 Å². The van der Waals surface area contributed by atoms with Crippen molar-refractivity contribution < 1.29 is 23.8 Å². The summed E-state index contributed by atoms with van der Waals surface area (Å²) in [7, 11) is 1.52. The Kier molecular flexibility index (Phi) is 5.80. The summed E-state index contributed by atoms with van der Waals surface area (Å²) in [6.45, 7) is 6.35. The Balaban J connectivity index is 1.50. The molecule has 8 heteroatoms. The zero-order chi connectivity index (χ0) is 27.5. The molecular weight excluding hydrogens is 512 g/mol. The normalized spacial score (nSPS) is 16.1. The predicted molar refractivity (Wildman–Crippen MR) is 152 cm³/mol. The maximum Gasteiger partial charge on any atom is 0.296 e. The number of anilines is 1. The van der Waals surface area contributed by atoms with Crippen molar-refractivity contribution in [3.8, 4) is 5.75 Å². The summed E-state index contributed by atoms with van der Waals surface area (Å²) in [4.78, 5) is 33.7. The summed E-state index contributed by atoms with van der Waals surface area (Å²) in [5.74, 6) is -1.39. The van der Waals surface area contributed by atoms with Crippen LogP contribution in [0.25, 0.3) is 21.2 Å². The van der Waals surface area contributed by atoms with E-state index < -0.39 is 23.5 Å². The van der Waals surface area contributed by atoms with Gasteiger partial charge in [0.05, 0.1) is 28.9 Å². The number of nitrogens with zero attached hydrogens (tertiary/aromatic N) is 2. The highest BCUT2D eigenvalue weighted by Gasteiger charge is 2.46. The zero-order valence-electron chi connectivity index (χ0n) is 21.9. The summed E-state index contributed by atoms with van der Waals surface area (Å²) >= 11 is 1.33. The minimum Gasteiger partial charge on any atom is -0.503 e. The summed E-state index contributed by atoms with van der Waals surface area (Å²) in [5, 5.41) is 12.2. The van der Waals surface area contributed by atoms with Crippen LogP contribution in [0.1, 0.15) is 48.5 Å². The van der Waals surface area contributed by atoms with Crippen LogP contribution in [-0.4, -0.2) is 28.9 Å². The van der Waals surface area contributed by atoms with Crippen molar-refractivity contribution in [3.05, 3.63) is 101 Å². The van der Waals surface area contributed by atoms with Gasteiger partial charge < -0.3 is 14.3 Å². The van der Waals surface area contributed by atoms with Crippen LogP contribution in [0.2, 0.25) is 0 Å². The fourth-order valence-corrected chi connectivity index (χ4v) is 5.91. The Morgan fingerprint density at radius 1 is 1.05 bits per heavy atom. The molecule has 6 rings (SSSR count). The number of fused-ring (bicyclic) bond motifs is 2. The van der Waals surface area contributed by atoms with E-state index in [1.807, 2.05) is 54.6 Å². The molecule has 1 unspecified atom stereocenters. The molecule has 0 fully saturated rings. The monoisotopic (exact) mass is 538 g/mol. The van der Waals surface area contributed by atoms with E-state index >= 15 is 0 Å². The van der Waals surface area contributed by atoms with E-state index in [1.54, 1.807) is 18.2 Å². The van der Waals surface area contributed by atoms with E-state index in [2.05, 4.69) is 25.8 Å². The second kappa shape index (κ2) is 9.10. The number of Topliss-reactive ketones (excluding diaryl/α,β-unsaturated/α-hetero) is 1. The van der Waals surface area contributed by atoms with Gasteiger partial charge in [-0.05, 0) is 40.8 Å². The molecule has 0 bridgehead atoms. The molecule has 5 aromatic rings. The van der Waals surface area contributed by atoms with Gasteiger partial charge >= 0.3 is 0 Å². The number of rotatable bonds is 5. The number of hydrogen-bond acceptors (Lipinski definition) is 7. The number of hydrogen-bond donors (Lipinski definition) is 1. The highest BCUT2D eigenvalue weighted by molar-refractivity contribution is 7.22. The number of thiazole rings is 1. The number of methoxy groups -OCH3 is 1. The number of aromatic nitrogens is 1. The molecule has 2 aromatic heterocycles. The minimum atomic E-state index is -0.894. The van der Waals surface area contributed by atoms with Crippen LogP contribution < -0.4 is 9.64 Å². The first-order valence-electron chi connectivity index (χ1n) is 12.5. The van der Waals surface area contributed by atoms with Gasteiger partial charge in [0.15, 0.2) is 28.0 Å². The van der Waals surface area contributed by atoms with Crippen molar-refractivity contribution in [2.75, 3.05) is 12.0 Å². The van der Waals surface area contributed by atoms with Crippen LogP contribution in [0.4, 0.5) is 5.13 Å². The Bertz CT molecular complexity index is 1760. The Morgan fingerprint density at radius 3 is 2.49 bits per heavy atom. The van der Waals surface area contributed by atoms with E-state index in [0.717, 1.165) is 15.8 Å². The van der Waals surface area contributed by atoms with Crippen molar-refractivity contribution in [3.63, 3.8) is 0 Å². The van der Waals surface area contributed by atoms with Crippen molar-refractivity contribution in [2.45, 2.75) is 32.2 Å². The van der Waals surface area contributed by atoms with Crippen molar-refractivity contribution in [1.82, 2.24) is 4.98 Å². The number of benzene rings is 3. The number of amides is 1. The molecule has 1 atom stereocenters. The van der Waals surface area contributed by atoms with Crippen LogP contribution in [-0.2, 0) is 10.2 Å². The standard InChI is InChI=1S/C31H26N2O5S/c1-31(2,3)19-14-12-17(13-15-19)25-24(26(34)22-16-18-8-7-10-21(37-4)28(18)38-22)27(35)29(36)33(25)30-32-20-9-5-6-11-23(20)39-30/h5-16,25,35H,1-4H3. The summed E-state index contributed by atoms with van der Waals surface area (Å²) in [5.41, 5.74) is 2.79. The van der Waals surface area contributed by atoms with Gasteiger partial charge in [-0.2, -0.15) is 0 Å². The van der Waals surface area contributed by atoms with Gasteiger partial charge in [-0.1, -0.05) is 80.6 Å². The number of ketones is 1. The van der Waals surface area contributed by atoms with Crippen molar-refractivity contribution in [2.24, 2.45) is 0 Å². The maximum absolute atomic E-state index is 14.0. The van der Waals surface area contributed by atoms with E-state index in [1.165, 1.54) is 23.3 Å². The molecule has 3 aromatic carbocycles. The minimum absolute atomic E-state index is 0.00584. The average molecular weight is 539 g/mol. The number of ether oxygens (including phenoxy) is 1. The first-order chi connectivity index (χ1) is 18.7. The summed E-state index contributed by atoms with van der Waals surface area (Å²) in [6.07, 6.45) is 0. The summed E-state index contributed by atoms with van der Waals surface area (Å²) in [6, 6.07) is 21.4. The highest BCUT2D eigenvalue weighted by Crippen LogP contribution is 2.45. The predicted octanol–water partition coefficient (Wildman–Crippen LogP) is 7.13. The third-order valence-corrected chi connectivity index (χ3v) is 8.02. The lowest BCUT2D eigenvalue weighted by Gasteiger charge is -2.25. The third kappa shape index (κ3) is 4.08. The maximum atomic E-state index is 14.0. The molecule has 0 saturated carbocycles. The van der Waals surface area contributed by atoms with Gasteiger partial charge in [-0.25, -0.2) is 4.98 Å². The van der Waals surface area contributed by atoms with E-state index in [9.17, 15) is 14.7 Å². The zero-order valence-corrected chi connectivity index (χ0v) is 22.7. The SMILES string of the molecule is COc1cccc2cc(C(=O)C3=C(O)C(=O)N(c4nc5ccccc5s4)C3c3ccc(C(C)(C)C)cc3)oc12. The molecule has 1 aliphatic heterocycles. The first kappa shape index (κ1) is 24.9. The number of carbonyl (C=O) groups excluding carboxylic acids is 2. The molecular formula is C31H26N2O5S. The van der Waals surface area contributed by atoms with Crippen molar-refractivity contribution in [1.29, 1.82) is 0 Å². The van der Waals surface area contributed by atoms with E-state index in [4.69, 9.17) is 9.15 Å². The van der Waals surface area contributed by atoms with Crippen LogP contribution in [0, 0.1) is 0 Å². The molecule has 196 valence electrons. The Morgan fingerprint density at radius 2 is 1.79 bits per heavy atom. The van der Waals surface area contributed by atoms with Crippen LogP contribution in [0.5, 0.6) is 5.75 Å². The summed E-state index contributed by atoms with van der Waals surface area (Å²) < 4.78 is 12.2. The second-order valence-electron chi connectivity index (χ2n) is 10.5. The lowest BCUT2D eigenvalue weighted by atomic mass is 9.85. The van der Waals surface area contributed by atoms with Gasteiger partial charge in [0.2, 0.25) is 5.78 Å². The number of carbonyl (C=O) groups is 2. The second-order valence-corrected chi connectivity index (χ2v) is 11.5. The van der Waals surface area contributed by atoms with E-state index in [0.29, 0.717) is 27.4 Å². The number of furan rings is 1. The van der Waals surface area contributed by atoms with Gasteiger partial charge in [0, 0.05) is 5.39 Å². The molecule has 0 radical (unpaired) electrons. The lowest BCUT2D eigenvalue weighted by Crippen LogP contribution is -2.31. The first-order valence-corrected chi connectivity index (χ1v) is 13.3. The molecule has 1 N–H and O–H groups in total. The average Bonchev–Trinajstić information content (AvgIpc) is 3.62. The molecule has 0 spiro atoms. The van der Waals surface area contributed by atoms with Crippen molar-refractivity contribution >= 4 is 49.3 Å². The van der Waals surface area contributed by atoms with Crippen LogP contribution >= 0.6 is 11.3 Å². The smallest absolute Gasteiger partial charge is 0.296 e. The van der Waals surface area contributed by atoms with Gasteiger partial charge in [0.25, 0.3) is 5.91 Å². The number of para-hydroxylation sites is 2. The highest BCUT2D eigenvalue weighted by atomic mass is 32.1. The molecule has 7 nitrogen and oxygen atoms in total. The van der Waals surface area contributed by atoms with Crippen LogP contribution in [0.15, 0.2) is 88.5 Å². The third-order valence-electron chi connectivity index (χ3n) is 6.99. The molecule has 1 amide bonds. The molecule has 0 aliphatic carbocycles. The molecule has 3 heterocycles. The van der Waals surface area contributed by atoms with Gasteiger partial charge in [-0.3, -0.25) is 14.5 Å². The lowest BCUT2D eigenvalue weighted by molar-refractivity contribution is -0.117. The topological polar surface area (TPSA) is 92.9 Å². The Hall–Kier alpha value is -4.43. The largest absolute Gasteiger partial charge is 0.503 e. The fourth-order valence-electron chi connectivity index (χ4n) is 4.92. The molecule has 0 saturated heterocycles. The number of aliphatic hydroxyl groups is 1.